The Morgan fingerprint density at radius 1 is 1.29 bits per heavy atom. The minimum absolute atomic E-state index is 0.0256. The maximum absolute atomic E-state index is 12.4. The van der Waals surface area contributed by atoms with Crippen molar-refractivity contribution in [1.29, 1.82) is 0 Å². The van der Waals surface area contributed by atoms with Crippen LogP contribution >= 0.6 is 0 Å². The van der Waals surface area contributed by atoms with Crippen LogP contribution in [-0.2, 0) is 21.2 Å². The highest BCUT2D eigenvalue weighted by molar-refractivity contribution is 7.91. The summed E-state index contributed by atoms with van der Waals surface area (Å²) >= 11 is 0. The van der Waals surface area contributed by atoms with Gasteiger partial charge in [-0.2, -0.15) is 0 Å². The maximum atomic E-state index is 12.4. The quantitative estimate of drug-likeness (QED) is 0.856. The summed E-state index contributed by atoms with van der Waals surface area (Å²) in [5.41, 5.74) is 2.21. The molecular weight excluding hydrogens is 286 g/mol. The Bertz CT molecular complexity index is 605. The summed E-state index contributed by atoms with van der Waals surface area (Å²) in [4.78, 5) is 14.2. The van der Waals surface area contributed by atoms with Crippen LogP contribution in [-0.4, -0.2) is 36.8 Å². The number of carbonyl (C=O) groups excluding carboxylic acids is 1. The molecule has 0 spiro atoms. The van der Waals surface area contributed by atoms with Crippen LogP contribution in [0.15, 0.2) is 24.3 Å². The zero-order chi connectivity index (χ0) is 15.6. The molecule has 5 heteroatoms. The fourth-order valence-corrected chi connectivity index (χ4v) is 4.36. The molecule has 1 aliphatic heterocycles. The molecule has 1 heterocycles. The van der Waals surface area contributed by atoms with Crippen molar-refractivity contribution in [2.75, 3.05) is 11.5 Å². The van der Waals surface area contributed by atoms with Crippen LogP contribution in [0.2, 0.25) is 0 Å². The average Bonchev–Trinajstić information content (AvgIpc) is 2.77. The van der Waals surface area contributed by atoms with Crippen molar-refractivity contribution in [3.8, 4) is 0 Å². The van der Waals surface area contributed by atoms with E-state index in [1.807, 2.05) is 45.0 Å². The monoisotopic (exact) mass is 309 g/mol. The van der Waals surface area contributed by atoms with Crippen LogP contribution < -0.4 is 0 Å². The van der Waals surface area contributed by atoms with E-state index in [1.54, 1.807) is 4.90 Å². The molecule has 0 bridgehead atoms. The minimum atomic E-state index is -2.99. The van der Waals surface area contributed by atoms with Crippen molar-refractivity contribution < 1.29 is 13.2 Å². The van der Waals surface area contributed by atoms with E-state index in [4.69, 9.17) is 0 Å². The van der Waals surface area contributed by atoms with Gasteiger partial charge >= 0.3 is 0 Å². The van der Waals surface area contributed by atoms with Gasteiger partial charge in [-0.15, -0.1) is 0 Å². The highest BCUT2D eigenvalue weighted by Crippen LogP contribution is 2.22. The van der Waals surface area contributed by atoms with E-state index in [-0.39, 0.29) is 29.4 Å². The molecule has 116 valence electrons. The molecule has 1 aliphatic rings. The SMILES string of the molecule is Cc1ccc(CN(C(=O)C(C)C)C2CCS(=O)(=O)C2)cc1. The Hall–Kier alpha value is -1.36. The first-order valence-corrected chi connectivity index (χ1v) is 9.17. The number of amides is 1. The number of hydrogen-bond donors (Lipinski definition) is 0. The smallest absolute Gasteiger partial charge is 0.225 e. The van der Waals surface area contributed by atoms with E-state index in [0.717, 1.165) is 5.56 Å². The van der Waals surface area contributed by atoms with Gasteiger partial charge < -0.3 is 4.90 Å². The summed E-state index contributed by atoms with van der Waals surface area (Å²) in [5.74, 6) is 0.182. The standard InChI is InChI=1S/C16H23NO3S/c1-12(2)16(18)17(15-8-9-21(19,20)11-15)10-14-6-4-13(3)5-7-14/h4-7,12,15H,8-11H2,1-3H3. The predicted molar refractivity (Wildman–Crippen MR) is 83.6 cm³/mol. The number of rotatable bonds is 4. The summed E-state index contributed by atoms with van der Waals surface area (Å²) in [5, 5.41) is 0. The second-order valence-corrected chi connectivity index (χ2v) is 8.39. The van der Waals surface area contributed by atoms with Crippen LogP contribution in [0.4, 0.5) is 0 Å². The summed E-state index contributed by atoms with van der Waals surface area (Å²) in [7, 11) is -2.99. The Morgan fingerprint density at radius 3 is 2.38 bits per heavy atom. The van der Waals surface area contributed by atoms with Gasteiger partial charge in [0.1, 0.15) is 0 Å². The van der Waals surface area contributed by atoms with Gasteiger partial charge in [0.05, 0.1) is 11.5 Å². The van der Waals surface area contributed by atoms with E-state index in [0.29, 0.717) is 13.0 Å². The summed E-state index contributed by atoms with van der Waals surface area (Å²) < 4.78 is 23.4. The molecule has 1 unspecified atom stereocenters. The van der Waals surface area contributed by atoms with Gasteiger partial charge in [-0.1, -0.05) is 43.7 Å². The van der Waals surface area contributed by atoms with Gasteiger partial charge in [0.25, 0.3) is 0 Å². The van der Waals surface area contributed by atoms with Crippen molar-refractivity contribution in [2.45, 2.75) is 39.8 Å². The van der Waals surface area contributed by atoms with E-state index in [1.165, 1.54) is 5.56 Å². The van der Waals surface area contributed by atoms with Crippen LogP contribution in [0.25, 0.3) is 0 Å². The number of nitrogens with zero attached hydrogens (tertiary/aromatic N) is 1. The zero-order valence-corrected chi connectivity index (χ0v) is 13.7. The number of sulfone groups is 1. The van der Waals surface area contributed by atoms with Crippen molar-refractivity contribution >= 4 is 15.7 Å². The number of carbonyl (C=O) groups is 1. The molecule has 1 saturated heterocycles. The molecule has 0 aliphatic carbocycles. The van der Waals surface area contributed by atoms with E-state index in [2.05, 4.69) is 0 Å². The van der Waals surface area contributed by atoms with Gasteiger partial charge in [-0.05, 0) is 18.9 Å². The van der Waals surface area contributed by atoms with Gasteiger partial charge in [-0.25, -0.2) is 8.42 Å². The van der Waals surface area contributed by atoms with Crippen LogP contribution in [0.1, 0.15) is 31.4 Å². The molecule has 0 radical (unpaired) electrons. The van der Waals surface area contributed by atoms with Gasteiger partial charge in [0.2, 0.25) is 5.91 Å². The molecule has 21 heavy (non-hydrogen) atoms. The topological polar surface area (TPSA) is 54.5 Å². The van der Waals surface area contributed by atoms with Crippen molar-refractivity contribution in [3.05, 3.63) is 35.4 Å². The normalized spacial score (nSPS) is 20.7. The Morgan fingerprint density at radius 2 is 1.90 bits per heavy atom. The van der Waals surface area contributed by atoms with E-state index >= 15 is 0 Å². The van der Waals surface area contributed by atoms with Gasteiger partial charge in [0.15, 0.2) is 9.84 Å². The predicted octanol–water partition coefficient (Wildman–Crippen LogP) is 2.17. The Kier molecular flexibility index (Phi) is 4.71. The molecule has 1 amide bonds. The third kappa shape index (κ3) is 4.06. The maximum Gasteiger partial charge on any atom is 0.225 e. The van der Waals surface area contributed by atoms with Crippen molar-refractivity contribution in [3.63, 3.8) is 0 Å². The fourth-order valence-electron chi connectivity index (χ4n) is 2.63. The summed E-state index contributed by atoms with van der Waals surface area (Å²) in [6.07, 6.45) is 0.548. The first-order valence-electron chi connectivity index (χ1n) is 7.35. The third-order valence-corrected chi connectivity index (χ3v) is 5.65. The lowest BCUT2D eigenvalue weighted by Gasteiger charge is -2.30. The number of hydrogen-bond acceptors (Lipinski definition) is 3. The third-order valence-electron chi connectivity index (χ3n) is 3.90. The van der Waals surface area contributed by atoms with Crippen LogP contribution in [0.5, 0.6) is 0 Å². The molecule has 0 N–H and O–H groups in total. The number of benzene rings is 1. The van der Waals surface area contributed by atoms with E-state index in [9.17, 15) is 13.2 Å². The van der Waals surface area contributed by atoms with Crippen molar-refractivity contribution in [2.24, 2.45) is 5.92 Å². The second-order valence-electron chi connectivity index (χ2n) is 6.16. The number of aryl methyl sites for hydroxylation is 1. The largest absolute Gasteiger partial charge is 0.334 e. The highest BCUT2D eigenvalue weighted by Gasteiger charge is 2.35. The molecule has 2 rings (SSSR count). The second kappa shape index (κ2) is 6.18. The molecule has 0 saturated carbocycles. The molecule has 4 nitrogen and oxygen atoms in total. The Labute approximate surface area is 127 Å². The van der Waals surface area contributed by atoms with Gasteiger partial charge in [0, 0.05) is 18.5 Å². The van der Waals surface area contributed by atoms with E-state index < -0.39 is 9.84 Å². The average molecular weight is 309 g/mol. The summed E-state index contributed by atoms with van der Waals surface area (Å²) in [6.45, 7) is 6.21. The first-order chi connectivity index (χ1) is 9.78. The van der Waals surface area contributed by atoms with Crippen LogP contribution in [0, 0.1) is 12.8 Å². The molecule has 1 fully saturated rings. The zero-order valence-electron chi connectivity index (χ0n) is 12.9. The molecule has 1 atom stereocenters. The first kappa shape index (κ1) is 16.0. The lowest BCUT2D eigenvalue weighted by Crippen LogP contribution is -2.42. The highest BCUT2D eigenvalue weighted by atomic mass is 32.2. The molecule has 0 aromatic heterocycles. The molecular formula is C16H23NO3S. The lowest BCUT2D eigenvalue weighted by atomic mass is 10.1. The van der Waals surface area contributed by atoms with Crippen LogP contribution in [0.3, 0.4) is 0 Å². The molecule has 1 aromatic carbocycles. The lowest BCUT2D eigenvalue weighted by molar-refractivity contribution is -0.137. The van der Waals surface area contributed by atoms with Crippen molar-refractivity contribution in [1.82, 2.24) is 4.90 Å². The molecule has 1 aromatic rings. The fraction of sp³-hybridized carbons (Fsp3) is 0.562. The van der Waals surface area contributed by atoms with Gasteiger partial charge in [-0.3, -0.25) is 4.79 Å². The summed E-state index contributed by atoms with van der Waals surface area (Å²) in [6, 6.07) is 7.84. The minimum Gasteiger partial charge on any atom is -0.334 e. The Balaban J connectivity index is 2.20.